The highest BCUT2D eigenvalue weighted by atomic mass is 19.4. The molecule has 1 aliphatic heterocycles. The first-order valence-electron chi connectivity index (χ1n) is 11.7. The lowest BCUT2D eigenvalue weighted by molar-refractivity contribution is -0.184. The number of aromatic carboxylic acids is 1. The molecule has 13 heteroatoms. The first kappa shape index (κ1) is 27.0. The van der Waals surface area contributed by atoms with Gasteiger partial charge in [-0.3, -0.25) is 9.97 Å². The number of rotatable bonds is 6. The number of anilines is 1. The summed E-state index contributed by atoms with van der Waals surface area (Å²) in [6.45, 7) is 1.11. The molecule has 37 heavy (non-hydrogen) atoms. The van der Waals surface area contributed by atoms with Crippen LogP contribution in [0.25, 0.3) is 0 Å². The maximum absolute atomic E-state index is 13.1. The van der Waals surface area contributed by atoms with E-state index in [0.29, 0.717) is 37.0 Å². The third-order valence-electron chi connectivity index (χ3n) is 6.72. The number of alkyl halides is 6. The first-order valence-corrected chi connectivity index (χ1v) is 11.7. The van der Waals surface area contributed by atoms with Crippen molar-refractivity contribution in [3.8, 4) is 5.75 Å². The highest BCUT2D eigenvalue weighted by molar-refractivity contribution is 5.89. The summed E-state index contributed by atoms with van der Waals surface area (Å²) in [5.74, 6) is -2.51. The highest BCUT2D eigenvalue weighted by Crippen LogP contribution is 2.40. The Morgan fingerprint density at radius 3 is 2.46 bits per heavy atom. The van der Waals surface area contributed by atoms with E-state index in [1.54, 1.807) is 12.3 Å². The van der Waals surface area contributed by atoms with Crippen molar-refractivity contribution in [3.63, 3.8) is 0 Å². The summed E-state index contributed by atoms with van der Waals surface area (Å²) in [4.78, 5) is 21.3. The molecule has 1 aliphatic carbocycles. The van der Waals surface area contributed by atoms with Crippen LogP contribution >= 0.6 is 0 Å². The van der Waals surface area contributed by atoms with Crippen LogP contribution in [0.2, 0.25) is 0 Å². The molecule has 1 unspecified atom stereocenters. The van der Waals surface area contributed by atoms with Crippen LogP contribution in [0.1, 0.15) is 53.4 Å². The Labute approximate surface area is 208 Å². The SMILES string of the molecule is O=C(O)c1cc(C2CN(c3cncc(OCC4CCC(C(F)(F)F)CC4)c3)CCO2)ncc1C(F)(F)F. The van der Waals surface area contributed by atoms with Crippen molar-refractivity contribution < 1.29 is 45.7 Å². The van der Waals surface area contributed by atoms with Crippen LogP contribution in [0.3, 0.4) is 0 Å². The Morgan fingerprint density at radius 2 is 1.81 bits per heavy atom. The molecule has 0 spiro atoms. The number of carboxylic acid groups (broad SMARTS) is 1. The molecular weight excluding hydrogens is 508 g/mol. The van der Waals surface area contributed by atoms with Gasteiger partial charge >= 0.3 is 18.3 Å². The average molecular weight is 533 g/mol. The number of nitrogens with zero attached hydrogens (tertiary/aromatic N) is 3. The molecule has 2 fully saturated rings. The molecule has 0 amide bonds. The van der Waals surface area contributed by atoms with Crippen molar-refractivity contribution in [1.82, 2.24) is 9.97 Å². The fraction of sp³-hybridized carbons (Fsp3) is 0.542. The van der Waals surface area contributed by atoms with E-state index < -0.39 is 41.5 Å². The van der Waals surface area contributed by atoms with Crippen molar-refractivity contribution in [1.29, 1.82) is 0 Å². The van der Waals surface area contributed by atoms with E-state index in [9.17, 15) is 36.2 Å². The van der Waals surface area contributed by atoms with E-state index in [0.717, 1.165) is 6.07 Å². The van der Waals surface area contributed by atoms with Crippen molar-refractivity contribution in [2.75, 3.05) is 31.2 Å². The van der Waals surface area contributed by atoms with Crippen LogP contribution in [0, 0.1) is 11.8 Å². The number of ether oxygens (including phenoxy) is 2. The van der Waals surface area contributed by atoms with Crippen LogP contribution in [0.4, 0.5) is 32.0 Å². The maximum Gasteiger partial charge on any atom is 0.418 e. The van der Waals surface area contributed by atoms with Crippen molar-refractivity contribution in [2.24, 2.45) is 11.8 Å². The van der Waals surface area contributed by atoms with Gasteiger partial charge in [0.05, 0.1) is 60.6 Å². The second-order valence-electron chi connectivity index (χ2n) is 9.21. The van der Waals surface area contributed by atoms with Gasteiger partial charge in [0.25, 0.3) is 0 Å². The lowest BCUT2D eigenvalue weighted by atomic mass is 9.82. The van der Waals surface area contributed by atoms with Crippen molar-refractivity contribution >= 4 is 11.7 Å². The van der Waals surface area contributed by atoms with Gasteiger partial charge in [0.2, 0.25) is 0 Å². The minimum absolute atomic E-state index is 0.0178. The number of morpholine rings is 1. The van der Waals surface area contributed by atoms with Gasteiger partial charge in [-0.05, 0) is 37.7 Å². The largest absolute Gasteiger partial charge is 0.492 e. The second-order valence-corrected chi connectivity index (χ2v) is 9.21. The third-order valence-corrected chi connectivity index (χ3v) is 6.72. The molecule has 4 rings (SSSR count). The smallest absolute Gasteiger partial charge is 0.418 e. The molecule has 2 aliphatic rings. The Hall–Kier alpha value is -3.09. The summed E-state index contributed by atoms with van der Waals surface area (Å²) >= 11 is 0. The number of hydrogen-bond donors (Lipinski definition) is 1. The van der Waals surface area contributed by atoms with Gasteiger partial charge in [0, 0.05) is 18.8 Å². The monoisotopic (exact) mass is 533 g/mol. The minimum Gasteiger partial charge on any atom is -0.492 e. The minimum atomic E-state index is -4.86. The molecule has 1 N–H and O–H groups in total. The predicted octanol–water partition coefficient (Wildman–Crippen LogP) is 5.52. The van der Waals surface area contributed by atoms with Gasteiger partial charge in [0.1, 0.15) is 11.9 Å². The molecule has 0 aromatic carbocycles. The Morgan fingerprint density at radius 1 is 1.08 bits per heavy atom. The highest BCUT2D eigenvalue weighted by Gasteiger charge is 2.41. The second kappa shape index (κ2) is 10.7. The summed E-state index contributed by atoms with van der Waals surface area (Å²) < 4.78 is 89.5. The first-order chi connectivity index (χ1) is 17.4. The summed E-state index contributed by atoms with van der Waals surface area (Å²) in [5.41, 5.74) is -1.53. The van der Waals surface area contributed by atoms with Gasteiger partial charge in [-0.2, -0.15) is 26.3 Å². The zero-order valence-corrected chi connectivity index (χ0v) is 19.6. The number of pyridine rings is 2. The maximum atomic E-state index is 13.1. The normalized spacial score (nSPS) is 23.1. The predicted molar refractivity (Wildman–Crippen MR) is 118 cm³/mol. The zero-order chi connectivity index (χ0) is 26.8. The van der Waals surface area contributed by atoms with Crippen LogP contribution in [-0.2, 0) is 10.9 Å². The molecule has 1 atom stereocenters. The van der Waals surface area contributed by atoms with Crippen LogP contribution < -0.4 is 9.64 Å². The molecule has 202 valence electrons. The molecule has 7 nitrogen and oxygen atoms in total. The fourth-order valence-corrected chi connectivity index (χ4v) is 4.64. The van der Waals surface area contributed by atoms with Gasteiger partial charge in [0.15, 0.2) is 0 Å². The standard InChI is InChI=1S/C24H25F6N3O4/c25-23(26,27)15-3-1-14(2-4-15)13-37-17-7-16(9-31-10-17)33-5-6-36-21(12-33)20-8-18(22(34)35)19(11-32-20)24(28,29)30/h7-11,14-15,21H,1-6,12-13H2,(H,34,35). The number of carboxylic acids is 1. The summed E-state index contributed by atoms with van der Waals surface area (Å²) in [6, 6.07) is 2.60. The van der Waals surface area contributed by atoms with Gasteiger partial charge in [-0.25, -0.2) is 4.79 Å². The summed E-state index contributed by atoms with van der Waals surface area (Å²) in [6.07, 6.45) is -5.18. The fourth-order valence-electron chi connectivity index (χ4n) is 4.64. The summed E-state index contributed by atoms with van der Waals surface area (Å²) in [7, 11) is 0. The average Bonchev–Trinajstić information content (AvgIpc) is 2.86. The lowest BCUT2D eigenvalue weighted by Crippen LogP contribution is -2.38. The quantitative estimate of drug-likeness (QED) is 0.490. The van der Waals surface area contributed by atoms with Crippen molar-refractivity contribution in [2.45, 2.75) is 44.1 Å². The number of hydrogen-bond acceptors (Lipinski definition) is 6. The van der Waals surface area contributed by atoms with E-state index in [4.69, 9.17) is 9.47 Å². The zero-order valence-electron chi connectivity index (χ0n) is 19.6. The molecular formula is C24H25F6N3O4. The van der Waals surface area contributed by atoms with E-state index >= 15 is 0 Å². The van der Waals surface area contributed by atoms with Crippen molar-refractivity contribution in [3.05, 3.63) is 47.5 Å². The molecule has 1 saturated heterocycles. The van der Waals surface area contributed by atoms with Gasteiger partial charge < -0.3 is 19.5 Å². The van der Waals surface area contributed by atoms with Gasteiger partial charge in [-0.1, -0.05) is 0 Å². The number of aromatic nitrogens is 2. The topological polar surface area (TPSA) is 84.8 Å². The molecule has 1 saturated carbocycles. The lowest BCUT2D eigenvalue weighted by Gasteiger charge is -2.34. The molecule has 0 radical (unpaired) electrons. The van der Waals surface area contributed by atoms with E-state index in [-0.39, 0.29) is 44.2 Å². The Balaban J connectivity index is 1.40. The number of halogens is 6. The third kappa shape index (κ3) is 6.62. The number of carbonyl (C=O) groups is 1. The van der Waals surface area contributed by atoms with E-state index in [1.807, 2.05) is 4.90 Å². The van der Waals surface area contributed by atoms with Crippen LogP contribution in [-0.4, -0.2) is 53.5 Å². The summed E-state index contributed by atoms with van der Waals surface area (Å²) in [5, 5.41) is 9.25. The molecule has 3 heterocycles. The molecule has 2 aromatic heterocycles. The van der Waals surface area contributed by atoms with E-state index in [2.05, 4.69) is 9.97 Å². The Kier molecular flexibility index (Phi) is 7.81. The van der Waals surface area contributed by atoms with E-state index in [1.165, 1.54) is 6.20 Å². The molecule has 0 bridgehead atoms. The van der Waals surface area contributed by atoms with Crippen LogP contribution in [0.15, 0.2) is 30.7 Å². The van der Waals surface area contributed by atoms with Gasteiger partial charge in [-0.15, -0.1) is 0 Å². The Bertz CT molecular complexity index is 1100. The molecule has 2 aromatic rings. The van der Waals surface area contributed by atoms with Crippen LogP contribution in [0.5, 0.6) is 5.75 Å².